The zero-order valence-corrected chi connectivity index (χ0v) is 12.7. The highest BCUT2D eigenvalue weighted by atomic mass is 35.5. The third kappa shape index (κ3) is 2.88. The Bertz CT molecular complexity index is 621. The third-order valence-corrected chi connectivity index (χ3v) is 3.42. The van der Waals surface area contributed by atoms with Crippen LogP contribution in [0.1, 0.15) is 11.4 Å². The Hall–Kier alpha value is -1.75. The minimum absolute atomic E-state index is 0.0985. The summed E-state index contributed by atoms with van der Waals surface area (Å²) < 4.78 is 2.08. The number of urea groups is 1. The van der Waals surface area contributed by atoms with Crippen LogP contribution in [0.4, 0.5) is 4.79 Å². The van der Waals surface area contributed by atoms with Crippen LogP contribution in [-0.4, -0.2) is 41.1 Å². The van der Waals surface area contributed by atoms with Gasteiger partial charge in [-0.05, 0) is 18.6 Å². The van der Waals surface area contributed by atoms with Crippen molar-refractivity contribution < 1.29 is 4.79 Å². The molecule has 0 radical (unpaired) electrons. The maximum atomic E-state index is 11.5. The molecule has 0 aliphatic carbocycles. The Kier molecular flexibility index (Phi) is 4.49. The standard InChI is InChI=1S/C14H19ClN4O/c1-10-5-4-6-11-13(10)19(12(9-15)17-11)8-7-16-14(20)18(2)3/h4-6H,7-9H2,1-3H3,(H,16,20). The van der Waals surface area contributed by atoms with Crippen molar-refractivity contribution in [2.75, 3.05) is 20.6 Å². The number of amides is 2. The average Bonchev–Trinajstić information content (AvgIpc) is 2.78. The van der Waals surface area contributed by atoms with E-state index in [4.69, 9.17) is 11.6 Å². The lowest BCUT2D eigenvalue weighted by Crippen LogP contribution is -2.36. The molecular formula is C14H19ClN4O. The van der Waals surface area contributed by atoms with Gasteiger partial charge in [-0.15, -0.1) is 11.6 Å². The van der Waals surface area contributed by atoms with Crippen LogP contribution < -0.4 is 5.32 Å². The van der Waals surface area contributed by atoms with Gasteiger partial charge in [-0.25, -0.2) is 9.78 Å². The van der Waals surface area contributed by atoms with Gasteiger partial charge in [0.1, 0.15) is 5.82 Å². The molecule has 0 saturated carbocycles. The first-order valence-electron chi connectivity index (χ1n) is 6.50. The van der Waals surface area contributed by atoms with Crippen LogP contribution in [0.5, 0.6) is 0 Å². The molecule has 0 atom stereocenters. The highest BCUT2D eigenvalue weighted by Crippen LogP contribution is 2.20. The first kappa shape index (κ1) is 14.7. The number of rotatable bonds is 4. The highest BCUT2D eigenvalue weighted by Gasteiger charge is 2.12. The second kappa shape index (κ2) is 6.13. The Morgan fingerprint density at radius 2 is 2.20 bits per heavy atom. The lowest BCUT2D eigenvalue weighted by Gasteiger charge is -2.13. The summed E-state index contributed by atoms with van der Waals surface area (Å²) in [6.07, 6.45) is 0. The van der Waals surface area contributed by atoms with E-state index >= 15 is 0 Å². The number of carbonyl (C=O) groups excluding carboxylic acids is 1. The van der Waals surface area contributed by atoms with Crippen molar-refractivity contribution in [3.8, 4) is 0 Å². The summed E-state index contributed by atoms with van der Waals surface area (Å²) in [5.74, 6) is 1.19. The van der Waals surface area contributed by atoms with Gasteiger partial charge in [0.25, 0.3) is 0 Å². The lowest BCUT2D eigenvalue weighted by atomic mass is 10.2. The summed E-state index contributed by atoms with van der Waals surface area (Å²) in [5, 5.41) is 2.85. The molecule has 2 amide bonds. The van der Waals surface area contributed by atoms with Crippen molar-refractivity contribution >= 4 is 28.7 Å². The fraction of sp³-hybridized carbons (Fsp3) is 0.429. The number of para-hydroxylation sites is 1. The van der Waals surface area contributed by atoms with E-state index < -0.39 is 0 Å². The van der Waals surface area contributed by atoms with E-state index in [1.165, 1.54) is 4.90 Å². The minimum Gasteiger partial charge on any atom is -0.336 e. The molecule has 1 heterocycles. The maximum absolute atomic E-state index is 11.5. The molecule has 5 nitrogen and oxygen atoms in total. The maximum Gasteiger partial charge on any atom is 0.316 e. The summed E-state index contributed by atoms with van der Waals surface area (Å²) in [7, 11) is 3.44. The second-order valence-electron chi connectivity index (χ2n) is 4.88. The number of hydrogen-bond donors (Lipinski definition) is 1. The van der Waals surface area contributed by atoms with Crippen LogP contribution in [0, 0.1) is 6.92 Å². The number of nitrogens with one attached hydrogen (secondary N) is 1. The van der Waals surface area contributed by atoms with E-state index in [0.29, 0.717) is 19.0 Å². The normalized spacial score (nSPS) is 10.8. The van der Waals surface area contributed by atoms with Gasteiger partial charge in [0.2, 0.25) is 0 Å². The van der Waals surface area contributed by atoms with Gasteiger partial charge in [-0.1, -0.05) is 12.1 Å². The number of carbonyl (C=O) groups is 1. The van der Waals surface area contributed by atoms with Crippen LogP contribution >= 0.6 is 11.6 Å². The Morgan fingerprint density at radius 1 is 1.45 bits per heavy atom. The van der Waals surface area contributed by atoms with Gasteiger partial charge >= 0.3 is 6.03 Å². The van der Waals surface area contributed by atoms with Crippen LogP contribution in [0.3, 0.4) is 0 Å². The molecule has 2 aromatic rings. The van der Waals surface area contributed by atoms with Crippen LogP contribution in [0.2, 0.25) is 0 Å². The highest BCUT2D eigenvalue weighted by molar-refractivity contribution is 6.16. The smallest absolute Gasteiger partial charge is 0.316 e. The topological polar surface area (TPSA) is 50.2 Å². The quantitative estimate of drug-likeness (QED) is 0.880. The molecule has 0 aliphatic rings. The van der Waals surface area contributed by atoms with Crippen LogP contribution in [-0.2, 0) is 12.4 Å². The number of aromatic nitrogens is 2. The van der Waals surface area contributed by atoms with Crippen molar-refractivity contribution in [1.29, 1.82) is 0 Å². The van der Waals surface area contributed by atoms with E-state index in [9.17, 15) is 4.79 Å². The molecule has 0 fully saturated rings. The molecule has 2 rings (SSSR count). The fourth-order valence-corrected chi connectivity index (χ4v) is 2.39. The van der Waals surface area contributed by atoms with Gasteiger partial charge in [-0.3, -0.25) is 0 Å². The van der Waals surface area contributed by atoms with Crippen LogP contribution in [0.15, 0.2) is 18.2 Å². The monoisotopic (exact) mass is 294 g/mol. The first-order valence-corrected chi connectivity index (χ1v) is 7.04. The molecular weight excluding hydrogens is 276 g/mol. The lowest BCUT2D eigenvalue weighted by molar-refractivity contribution is 0.217. The molecule has 20 heavy (non-hydrogen) atoms. The predicted octanol–water partition coefficient (Wildman–Crippen LogP) is 2.35. The summed E-state index contributed by atoms with van der Waals surface area (Å²) in [4.78, 5) is 17.6. The summed E-state index contributed by atoms with van der Waals surface area (Å²) in [5.41, 5.74) is 3.19. The zero-order valence-electron chi connectivity index (χ0n) is 12.0. The van der Waals surface area contributed by atoms with E-state index in [-0.39, 0.29) is 6.03 Å². The first-order chi connectivity index (χ1) is 9.54. The second-order valence-corrected chi connectivity index (χ2v) is 5.15. The van der Waals surface area contributed by atoms with Crippen molar-refractivity contribution in [2.45, 2.75) is 19.3 Å². The summed E-state index contributed by atoms with van der Waals surface area (Å²) in [6, 6.07) is 5.92. The number of hydrogen-bond acceptors (Lipinski definition) is 2. The molecule has 0 spiro atoms. The van der Waals surface area contributed by atoms with E-state index in [2.05, 4.69) is 27.9 Å². The Balaban J connectivity index is 2.22. The Morgan fingerprint density at radius 3 is 2.85 bits per heavy atom. The third-order valence-electron chi connectivity index (χ3n) is 3.18. The summed E-state index contributed by atoms with van der Waals surface area (Å²) >= 11 is 5.97. The van der Waals surface area contributed by atoms with Gasteiger partial charge in [0.15, 0.2) is 0 Å². The predicted molar refractivity (Wildman–Crippen MR) is 81.1 cm³/mol. The fourth-order valence-electron chi connectivity index (χ4n) is 2.19. The largest absolute Gasteiger partial charge is 0.336 e. The van der Waals surface area contributed by atoms with Crippen molar-refractivity contribution in [3.63, 3.8) is 0 Å². The van der Waals surface area contributed by atoms with Crippen LogP contribution in [0.25, 0.3) is 11.0 Å². The van der Waals surface area contributed by atoms with E-state index in [0.717, 1.165) is 22.4 Å². The number of halogens is 1. The molecule has 0 bridgehead atoms. The van der Waals surface area contributed by atoms with Gasteiger partial charge in [0.05, 0.1) is 16.9 Å². The number of alkyl halides is 1. The molecule has 6 heteroatoms. The zero-order chi connectivity index (χ0) is 14.7. The molecule has 1 aromatic heterocycles. The molecule has 1 N–H and O–H groups in total. The van der Waals surface area contributed by atoms with E-state index in [1.807, 2.05) is 12.1 Å². The molecule has 108 valence electrons. The molecule has 1 aromatic carbocycles. The summed E-state index contributed by atoms with van der Waals surface area (Å²) in [6.45, 7) is 3.25. The number of imidazole rings is 1. The van der Waals surface area contributed by atoms with Gasteiger partial charge in [0, 0.05) is 27.2 Å². The number of aryl methyl sites for hydroxylation is 1. The number of fused-ring (bicyclic) bond motifs is 1. The van der Waals surface area contributed by atoms with E-state index in [1.54, 1.807) is 14.1 Å². The number of nitrogens with zero attached hydrogens (tertiary/aromatic N) is 3. The molecule has 0 saturated heterocycles. The van der Waals surface area contributed by atoms with Gasteiger partial charge < -0.3 is 14.8 Å². The number of benzene rings is 1. The molecule has 0 aliphatic heterocycles. The van der Waals surface area contributed by atoms with Crippen molar-refractivity contribution in [2.24, 2.45) is 0 Å². The Labute approximate surface area is 123 Å². The van der Waals surface area contributed by atoms with Crippen molar-refractivity contribution in [1.82, 2.24) is 19.8 Å². The SMILES string of the molecule is Cc1cccc2nc(CCl)n(CCNC(=O)N(C)C)c12. The molecule has 0 unspecified atom stereocenters. The van der Waals surface area contributed by atoms with Gasteiger partial charge in [-0.2, -0.15) is 0 Å². The minimum atomic E-state index is -0.0985. The van der Waals surface area contributed by atoms with Crippen molar-refractivity contribution in [3.05, 3.63) is 29.6 Å². The average molecular weight is 295 g/mol.